The van der Waals surface area contributed by atoms with E-state index in [1.54, 1.807) is 42.3 Å². The first kappa shape index (κ1) is 20.1. The molecule has 0 saturated carbocycles. The fraction of sp³-hybridized carbons (Fsp3) is 0.476. The van der Waals surface area contributed by atoms with E-state index in [1.807, 2.05) is 0 Å². The number of hydrogen-bond donors (Lipinski definition) is 0. The fourth-order valence-electron chi connectivity index (χ4n) is 3.09. The van der Waals surface area contributed by atoms with Gasteiger partial charge in [0.2, 0.25) is 0 Å². The van der Waals surface area contributed by atoms with Crippen molar-refractivity contribution in [2.24, 2.45) is 0 Å². The van der Waals surface area contributed by atoms with Gasteiger partial charge in [0, 0.05) is 31.8 Å². The number of Topliss-reactive ketones (excluding diaryl/α,β-unsaturated/α-hetero) is 1. The first-order valence-corrected chi connectivity index (χ1v) is 9.59. The van der Waals surface area contributed by atoms with Crippen LogP contribution in [0.25, 0.3) is 0 Å². The highest BCUT2D eigenvalue weighted by Crippen LogP contribution is 2.17. The summed E-state index contributed by atoms with van der Waals surface area (Å²) < 4.78 is 16.5. The number of ketones is 1. The van der Waals surface area contributed by atoms with E-state index in [2.05, 4.69) is 5.16 Å². The summed E-state index contributed by atoms with van der Waals surface area (Å²) in [7, 11) is 1.76. The molecular formula is C21H26N2O5. The van der Waals surface area contributed by atoms with Gasteiger partial charge in [-0.2, -0.15) is 0 Å². The topological polar surface area (TPSA) is 81.9 Å². The van der Waals surface area contributed by atoms with E-state index in [-0.39, 0.29) is 30.1 Å². The molecule has 1 aliphatic rings. The number of carbonyl (C=O) groups is 2. The number of ether oxygens (including phenoxy) is 2. The Morgan fingerprint density at radius 3 is 2.71 bits per heavy atom. The van der Waals surface area contributed by atoms with Crippen molar-refractivity contribution in [3.05, 3.63) is 47.3 Å². The van der Waals surface area contributed by atoms with Crippen LogP contribution in [0.1, 0.15) is 59.2 Å². The van der Waals surface area contributed by atoms with Gasteiger partial charge in [-0.15, -0.1) is 0 Å². The van der Waals surface area contributed by atoms with E-state index in [0.717, 1.165) is 25.9 Å². The first-order valence-electron chi connectivity index (χ1n) is 9.59. The highest BCUT2D eigenvalue weighted by atomic mass is 16.5. The zero-order valence-corrected chi connectivity index (χ0v) is 16.3. The van der Waals surface area contributed by atoms with Crippen LogP contribution in [0.15, 0.2) is 34.9 Å². The van der Waals surface area contributed by atoms with E-state index >= 15 is 0 Å². The molecule has 0 spiro atoms. The average Bonchev–Trinajstić information content (AvgIpc) is 3.20. The first-order chi connectivity index (χ1) is 13.5. The Hall–Kier alpha value is -2.67. The van der Waals surface area contributed by atoms with E-state index in [0.29, 0.717) is 23.6 Å². The highest BCUT2D eigenvalue weighted by Gasteiger charge is 2.20. The second kappa shape index (κ2) is 9.50. The summed E-state index contributed by atoms with van der Waals surface area (Å²) in [6.45, 7) is 3.10. The smallest absolute Gasteiger partial charge is 0.275 e. The van der Waals surface area contributed by atoms with Crippen LogP contribution in [0.5, 0.6) is 5.75 Å². The van der Waals surface area contributed by atoms with Crippen LogP contribution in [0.4, 0.5) is 0 Å². The lowest BCUT2D eigenvalue weighted by Crippen LogP contribution is -2.31. The second-order valence-corrected chi connectivity index (χ2v) is 7.05. The van der Waals surface area contributed by atoms with Crippen molar-refractivity contribution in [2.45, 2.75) is 45.3 Å². The van der Waals surface area contributed by atoms with E-state index < -0.39 is 0 Å². The van der Waals surface area contributed by atoms with Crippen molar-refractivity contribution in [1.29, 1.82) is 0 Å². The minimum atomic E-state index is -0.184. The van der Waals surface area contributed by atoms with Gasteiger partial charge in [0.15, 0.2) is 17.2 Å². The standard InChI is InChI=1S/C21H26N2O5/c1-15(24)16-6-8-18(9-7-16)27-14-19-13-20(22-28-19)21(25)23(2)11-10-17-5-3-4-12-26-17/h6-9,13,17H,3-5,10-12,14H2,1-2H3. The molecule has 0 bridgehead atoms. The fourth-order valence-corrected chi connectivity index (χ4v) is 3.09. The third kappa shape index (κ3) is 5.42. The second-order valence-electron chi connectivity index (χ2n) is 7.05. The summed E-state index contributed by atoms with van der Waals surface area (Å²) in [6, 6.07) is 8.45. The Kier molecular flexibility index (Phi) is 6.81. The number of hydrogen-bond acceptors (Lipinski definition) is 6. The van der Waals surface area contributed by atoms with Gasteiger partial charge in [0.05, 0.1) is 6.10 Å². The molecule has 1 aromatic carbocycles. The molecule has 2 heterocycles. The minimum Gasteiger partial charge on any atom is -0.486 e. The predicted molar refractivity (Wildman–Crippen MR) is 102 cm³/mol. The summed E-state index contributed by atoms with van der Waals surface area (Å²) in [6.07, 6.45) is 4.43. The maximum absolute atomic E-state index is 12.5. The number of benzene rings is 1. The number of nitrogens with zero attached hydrogens (tertiary/aromatic N) is 2. The molecule has 1 saturated heterocycles. The van der Waals surface area contributed by atoms with Crippen molar-refractivity contribution in [2.75, 3.05) is 20.2 Å². The Morgan fingerprint density at radius 1 is 1.25 bits per heavy atom. The summed E-state index contributed by atoms with van der Waals surface area (Å²) in [5.41, 5.74) is 0.888. The van der Waals surface area contributed by atoms with Crippen LogP contribution < -0.4 is 4.74 Å². The highest BCUT2D eigenvalue weighted by molar-refractivity contribution is 5.94. The van der Waals surface area contributed by atoms with Gasteiger partial charge in [0.1, 0.15) is 12.4 Å². The molecule has 0 N–H and O–H groups in total. The van der Waals surface area contributed by atoms with E-state index in [9.17, 15) is 9.59 Å². The Morgan fingerprint density at radius 2 is 2.04 bits per heavy atom. The van der Waals surface area contributed by atoms with Crippen molar-refractivity contribution in [1.82, 2.24) is 10.1 Å². The quantitative estimate of drug-likeness (QED) is 0.646. The molecule has 28 heavy (non-hydrogen) atoms. The molecule has 0 radical (unpaired) electrons. The summed E-state index contributed by atoms with van der Waals surface area (Å²) in [4.78, 5) is 25.4. The van der Waals surface area contributed by atoms with Gasteiger partial charge in [-0.25, -0.2) is 0 Å². The molecule has 150 valence electrons. The molecule has 7 nitrogen and oxygen atoms in total. The van der Waals surface area contributed by atoms with Gasteiger partial charge in [-0.3, -0.25) is 9.59 Å². The van der Waals surface area contributed by atoms with Crippen molar-refractivity contribution < 1.29 is 23.6 Å². The zero-order valence-electron chi connectivity index (χ0n) is 16.3. The van der Waals surface area contributed by atoms with Gasteiger partial charge in [0.25, 0.3) is 5.91 Å². The Bertz CT molecular complexity index is 793. The van der Waals surface area contributed by atoms with Crippen LogP contribution in [0, 0.1) is 0 Å². The number of amides is 1. The SMILES string of the molecule is CC(=O)c1ccc(OCc2cc(C(=O)N(C)CCC3CCCCO3)no2)cc1. The van der Waals surface area contributed by atoms with Crippen LogP contribution >= 0.6 is 0 Å². The number of rotatable bonds is 8. The molecule has 1 unspecified atom stereocenters. The lowest BCUT2D eigenvalue weighted by molar-refractivity contribution is 0.00703. The molecule has 1 aromatic heterocycles. The maximum Gasteiger partial charge on any atom is 0.275 e. The molecule has 3 rings (SSSR count). The van der Waals surface area contributed by atoms with E-state index in [4.69, 9.17) is 14.0 Å². The number of carbonyl (C=O) groups excluding carboxylic acids is 2. The molecule has 2 aromatic rings. The average molecular weight is 386 g/mol. The lowest BCUT2D eigenvalue weighted by atomic mass is 10.1. The molecule has 1 amide bonds. The van der Waals surface area contributed by atoms with Gasteiger partial charge in [-0.05, 0) is 56.9 Å². The third-order valence-electron chi connectivity index (χ3n) is 4.83. The third-order valence-corrected chi connectivity index (χ3v) is 4.83. The molecule has 0 aliphatic carbocycles. The van der Waals surface area contributed by atoms with Gasteiger partial charge >= 0.3 is 0 Å². The van der Waals surface area contributed by atoms with Crippen LogP contribution in [0.3, 0.4) is 0 Å². The lowest BCUT2D eigenvalue weighted by Gasteiger charge is -2.24. The van der Waals surface area contributed by atoms with Crippen molar-refractivity contribution >= 4 is 11.7 Å². The molecule has 1 fully saturated rings. The largest absolute Gasteiger partial charge is 0.486 e. The predicted octanol–water partition coefficient (Wildman–Crippen LogP) is 3.49. The molecule has 7 heteroatoms. The van der Waals surface area contributed by atoms with Crippen molar-refractivity contribution in [3.8, 4) is 5.75 Å². The number of aromatic nitrogens is 1. The zero-order chi connectivity index (χ0) is 19.9. The van der Waals surface area contributed by atoms with Crippen LogP contribution in [-0.2, 0) is 11.3 Å². The van der Waals surface area contributed by atoms with Gasteiger partial charge < -0.3 is 18.9 Å². The molecule has 1 atom stereocenters. The van der Waals surface area contributed by atoms with Crippen molar-refractivity contribution in [3.63, 3.8) is 0 Å². The van der Waals surface area contributed by atoms with Crippen LogP contribution in [-0.4, -0.2) is 48.1 Å². The summed E-state index contributed by atoms with van der Waals surface area (Å²) in [5, 5.41) is 3.86. The Labute approximate surface area is 164 Å². The van der Waals surface area contributed by atoms with E-state index in [1.165, 1.54) is 13.3 Å². The maximum atomic E-state index is 12.5. The molecular weight excluding hydrogens is 360 g/mol. The van der Waals surface area contributed by atoms with Crippen LogP contribution in [0.2, 0.25) is 0 Å². The summed E-state index contributed by atoms with van der Waals surface area (Å²) >= 11 is 0. The normalized spacial score (nSPS) is 16.6. The monoisotopic (exact) mass is 386 g/mol. The summed E-state index contributed by atoms with van der Waals surface area (Å²) in [5.74, 6) is 0.891. The van der Waals surface area contributed by atoms with Gasteiger partial charge in [-0.1, -0.05) is 5.16 Å². The Balaban J connectivity index is 1.48. The molecule has 1 aliphatic heterocycles. The minimum absolute atomic E-state index is 0.00380.